The molecule has 0 aliphatic carbocycles. The van der Waals surface area contributed by atoms with E-state index in [-0.39, 0.29) is 0 Å². The van der Waals surface area contributed by atoms with Gasteiger partial charge in [-0.15, -0.1) is 0 Å². The molecule has 3 aliphatic heterocycles. The van der Waals surface area contributed by atoms with Crippen molar-refractivity contribution in [3.05, 3.63) is 12.7 Å². The molecular formula is C11H16O5. The molecule has 5 nitrogen and oxygen atoms in total. The zero-order chi connectivity index (χ0) is 11.8. The van der Waals surface area contributed by atoms with Gasteiger partial charge in [-0.25, -0.2) is 4.79 Å². The summed E-state index contributed by atoms with van der Waals surface area (Å²) in [7, 11) is 0. The number of hydrogen-bond donors (Lipinski definition) is 0. The van der Waals surface area contributed by atoms with Crippen LogP contribution in [0.5, 0.6) is 0 Å². The molecule has 90 valence electrons. The predicted molar refractivity (Wildman–Crippen MR) is 54.2 cm³/mol. The third-order valence-electron chi connectivity index (χ3n) is 2.87. The molecule has 3 aliphatic rings. The number of esters is 1. The van der Waals surface area contributed by atoms with E-state index in [1.165, 1.54) is 0 Å². The molecule has 0 aromatic carbocycles. The van der Waals surface area contributed by atoms with Gasteiger partial charge in [-0.2, -0.15) is 0 Å². The zero-order valence-corrected chi connectivity index (χ0v) is 9.52. The van der Waals surface area contributed by atoms with E-state index in [1.54, 1.807) is 0 Å². The highest BCUT2D eigenvalue weighted by Crippen LogP contribution is 2.51. The van der Waals surface area contributed by atoms with E-state index in [0.717, 1.165) is 6.08 Å². The van der Waals surface area contributed by atoms with Gasteiger partial charge in [-0.05, 0) is 6.42 Å². The molecule has 3 heterocycles. The first-order chi connectivity index (χ1) is 7.60. The SMILES string of the molecule is C=CC(=O)OC(CC)C12COC(CC)(O1)O2. The first-order valence-electron chi connectivity index (χ1n) is 5.47. The van der Waals surface area contributed by atoms with Gasteiger partial charge >= 0.3 is 5.97 Å². The molecule has 16 heavy (non-hydrogen) atoms. The van der Waals surface area contributed by atoms with Crippen molar-refractivity contribution in [2.45, 2.75) is 44.6 Å². The average molecular weight is 228 g/mol. The second kappa shape index (κ2) is 3.84. The number of rotatable bonds is 5. The smallest absolute Gasteiger partial charge is 0.330 e. The minimum Gasteiger partial charge on any atom is -0.453 e. The largest absolute Gasteiger partial charge is 0.453 e. The normalized spacial score (nSPS) is 37.6. The standard InChI is InChI=1S/C11H16O5/c1-4-8(14-9(12)5-2)10-7-13-11(6-3,15-10)16-10/h5,8H,2,4,6-7H2,1,3H3. The molecule has 1 unspecified atom stereocenters. The highest BCUT2D eigenvalue weighted by atomic mass is 17.1. The van der Waals surface area contributed by atoms with Crippen molar-refractivity contribution in [2.75, 3.05) is 6.61 Å². The second-order valence-corrected chi connectivity index (χ2v) is 3.88. The quantitative estimate of drug-likeness (QED) is 0.525. The fourth-order valence-electron chi connectivity index (χ4n) is 2.01. The van der Waals surface area contributed by atoms with Gasteiger partial charge in [0.2, 0.25) is 5.79 Å². The Morgan fingerprint density at radius 2 is 2.25 bits per heavy atom. The third kappa shape index (κ3) is 1.55. The lowest BCUT2D eigenvalue weighted by Crippen LogP contribution is -2.62. The van der Waals surface area contributed by atoms with Crippen molar-refractivity contribution in [1.82, 2.24) is 0 Å². The topological polar surface area (TPSA) is 54.0 Å². The van der Waals surface area contributed by atoms with E-state index in [4.69, 9.17) is 18.9 Å². The average Bonchev–Trinajstić information content (AvgIpc) is 2.81. The summed E-state index contributed by atoms with van der Waals surface area (Å²) in [4.78, 5) is 11.2. The molecule has 1 atom stereocenters. The highest BCUT2D eigenvalue weighted by Gasteiger charge is 2.69. The second-order valence-electron chi connectivity index (χ2n) is 3.88. The van der Waals surface area contributed by atoms with Gasteiger partial charge in [0.25, 0.3) is 5.97 Å². The van der Waals surface area contributed by atoms with Crippen LogP contribution in [0.3, 0.4) is 0 Å². The Bertz CT molecular complexity index is 305. The van der Waals surface area contributed by atoms with Crippen molar-refractivity contribution in [1.29, 1.82) is 0 Å². The summed E-state index contributed by atoms with van der Waals surface area (Å²) < 4.78 is 21.8. The number of ether oxygens (including phenoxy) is 4. The number of carbonyl (C=O) groups excluding carboxylic acids is 1. The summed E-state index contributed by atoms with van der Waals surface area (Å²) in [5.74, 6) is -2.30. The summed E-state index contributed by atoms with van der Waals surface area (Å²) in [5, 5.41) is 0. The van der Waals surface area contributed by atoms with Crippen molar-refractivity contribution in [3.63, 3.8) is 0 Å². The van der Waals surface area contributed by atoms with E-state index in [1.807, 2.05) is 13.8 Å². The van der Waals surface area contributed by atoms with E-state index in [2.05, 4.69) is 6.58 Å². The summed E-state index contributed by atoms with van der Waals surface area (Å²) in [6.45, 7) is 7.45. The maximum atomic E-state index is 11.2. The van der Waals surface area contributed by atoms with Crippen LogP contribution in [-0.4, -0.2) is 30.4 Å². The van der Waals surface area contributed by atoms with Crippen LogP contribution in [0.2, 0.25) is 0 Å². The van der Waals surface area contributed by atoms with E-state index >= 15 is 0 Å². The van der Waals surface area contributed by atoms with Crippen LogP contribution >= 0.6 is 0 Å². The van der Waals surface area contributed by atoms with Crippen LogP contribution in [-0.2, 0) is 23.7 Å². The Hall–Kier alpha value is -0.910. The number of carbonyl (C=O) groups is 1. The van der Waals surface area contributed by atoms with Crippen molar-refractivity contribution >= 4 is 5.97 Å². The maximum Gasteiger partial charge on any atom is 0.330 e. The van der Waals surface area contributed by atoms with Crippen LogP contribution in [0.25, 0.3) is 0 Å². The van der Waals surface area contributed by atoms with Gasteiger partial charge in [0.15, 0.2) is 6.10 Å². The molecule has 5 heteroatoms. The highest BCUT2D eigenvalue weighted by molar-refractivity contribution is 5.81. The molecule has 0 N–H and O–H groups in total. The first-order valence-corrected chi connectivity index (χ1v) is 5.47. The fraction of sp³-hybridized carbons (Fsp3) is 0.727. The van der Waals surface area contributed by atoms with Gasteiger partial charge in [0.1, 0.15) is 6.61 Å². The maximum absolute atomic E-state index is 11.2. The molecule has 0 aromatic rings. The minimum atomic E-state index is -0.913. The minimum absolute atomic E-state index is 0.295. The Kier molecular flexibility index (Phi) is 2.77. The van der Waals surface area contributed by atoms with Crippen LogP contribution < -0.4 is 0 Å². The lowest BCUT2D eigenvalue weighted by molar-refractivity contribution is -0.521. The lowest BCUT2D eigenvalue weighted by atomic mass is 10.1. The van der Waals surface area contributed by atoms with Crippen LogP contribution in [0.15, 0.2) is 12.7 Å². The van der Waals surface area contributed by atoms with E-state index < -0.39 is 23.8 Å². The molecule has 0 saturated carbocycles. The van der Waals surface area contributed by atoms with Gasteiger partial charge in [0, 0.05) is 12.5 Å². The van der Waals surface area contributed by atoms with E-state index in [0.29, 0.717) is 19.4 Å². The molecule has 0 aromatic heterocycles. The number of fused-ring (bicyclic) bond motifs is 1. The Balaban J connectivity index is 2.02. The monoisotopic (exact) mass is 228 g/mol. The predicted octanol–water partition coefficient (Wildman–Crippen LogP) is 1.33. The zero-order valence-electron chi connectivity index (χ0n) is 9.52. The summed E-state index contributed by atoms with van der Waals surface area (Å²) in [6.07, 6.45) is 1.88. The van der Waals surface area contributed by atoms with Gasteiger partial charge in [-0.1, -0.05) is 20.4 Å². The summed E-state index contributed by atoms with van der Waals surface area (Å²) >= 11 is 0. The van der Waals surface area contributed by atoms with E-state index in [9.17, 15) is 4.79 Å². The molecule has 3 fully saturated rings. The van der Waals surface area contributed by atoms with Crippen LogP contribution in [0.1, 0.15) is 26.7 Å². The summed E-state index contributed by atoms with van der Waals surface area (Å²) in [6, 6.07) is 0. The molecule has 3 saturated heterocycles. The molecule has 2 bridgehead atoms. The lowest BCUT2D eigenvalue weighted by Gasteiger charge is -2.46. The fourth-order valence-corrected chi connectivity index (χ4v) is 2.01. The molecule has 0 spiro atoms. The Labute approximate surface area is 94.3 Å². The van der Waals surface area contributed by atoms with Gasteiger partial charge < -0.3 is 9.47 Å². The van der Waals surface area contributed by atoms with Gasteiger partial charge in [0.05, 0.1) is 0 Å². The molecular weight excluding hydrogens is 212 g/mol. The van der Waals surface area contributed by atoms with Gasteiger partial charge in [-0.3, -0.25) is 9.47 Å². The van der Waals surface area contributed by atoms with Crippen molar-refractivity contribution in [2.24, 2.45) is 0 Å². The summed E-state index contributed by atoms with van der Waals surface area (Å²) in [5.41, 5.74) is 0. The molecule has 3 rings (SSSR count). The first kappa shape index (κ1) is 11.6. The van der Waals surface area contributed by atoms with Crippen molar-refractivity contribution < 1.29 is 23.7 Å². The Morgan fingerprint density at radius 3 is 2.69 bits per heavy atom. The van der Waals surface area contributed by atoms with Crippen molar-refractivity contribution in [3.8, 4) is 0 Å². The Morgan fingerprint density at radius 1 is 1.56 bits per heavy atom. The van der Waals surface area contributed by atoms with Crippen LogP contribution in [0.4, 0.5) is 0 Å². The third-order valence-corrected chi connectivity index (χ3v) is 2.87. The van der Waals surface area contributed by atoms with Crippen LogP contribution in [0, 0.1) is 0 Å². The molecule has 0 radical (unpaired) electrons. The molecule has 0 amide bonds. The number of hydrogen-bond acceptors (Lipinski definition) is 5.